The van der Waals surface area contributed by atoms with Crippen LogP contribution in [0.3, 0.4) is 0 Å². The van der Waals surface area contributed by atoms with Gasteiger partial charge in [0.1, 0.15) is 5.69 Å². The highest BCUT2D eigenvalue weighted by Gasteiger charge is 2.32. The zero-order valence-electron chi connectivity index (χ0n) is 9.58. The average Bonchev–Trinajstić information content (AvgIpc) is 2.39. The molecule has 1 N–H and O–H groups in total. The van der Waals surface area contributed by atoms with Crippen LogP contribution in [0.15, 0.2) is 36.5 Å². The van der Waals surface area contributed by atoms with Crippen molar-refractivity contribution in [2.24, 2.45) is 0 Å². The fraction of sp³-hybridized carbons (Fsp3) is 0.167. The van der Waals surface area contributed by atoms with Crippen molar-refractivity contribution in [1.82, 2.24) is 9.97 Å². The summed E-state index contributed by atoms with van der Waals surface area (Å²) in [5.41, 5.74) is 0.521. The van der Waals surface area contributed by atoms with Crippen molar-refractivity contribution in [3.8, 4) is 0 Å². The molecule has 2 aromatic rings. The molecule has 0 radical (unpaired) electrons. The third-order valence-electron chi connectivity index (χ3n) is 2.31. The van der Waals surface area contributed by atoms with Crippen LogP contribution in [-0.2, 0) is 12.1 Å². The molecule has 0 saturated carbocycles. The van der Waals surface area contributed by atoms with E-state index in [1.807, 2.05) is 0 Å². The number of nitrogens with one attached hydrogen (secondary N) is 1. The van der Waals surface area contributed by atoms with Gasteiger partial charge in [-0.15, -0.1) is 11.6 Å². The number of benzene rings is 1. The Labute approximate surface area is 112 Å². The van der Waals surface area contributed by atoms with Gasteiger partial charge in [0, 0.05) is 17.8 Å². The summed E-state index contributed by atoms with van der Waals surface area (Å²) in [5, 5.41) is 2.70. The molecule has 0 aliphatic carbocycles. The molecule has 7 heteroatoms. The normalized spacial score (nSPS) is 11.4. The monoisotopic (exact) mass is 287 g/mol. The van der Waals surface area contributed by atoms with E-state index < -0.39 is 11.9 Å². The minimum Gasteiger partial charge on any atom is -0.324 e. The van der Waals surface area contributed by atoms with Crippen LogP contribution in [-0.4, -0.2) is 9.97 Å². The summed E-state index contributed by atoms with van der Waals surface area (Å²) in [6.45, 7) is 0. The second-order valence-electron chi connectivity index (χ2n) is 3.72. The highest BCUT2D eigenvalue weighted by atomic mass is 35.5. The highest BCUT2D eigenvalue weighted by Crippen LogP contribution is 2.28. The maximum absolute atomic E-state index is 12.5. The van der Waals surface area contributed by atoms with E-state index in [1.54, 1.807) is 24.3 Å². The molecule has 1 aromatic heterocycles. The minimum absolute atomic E-state index is 0.103. The molecule has 0 amide bonds. The maximum atomic E-state index is 12.5. The van der Waals surface area contributed by atoms with Crippen LogP contribution in [0.4, 0.5) is 24.8 Å². The Balaban J connectivity index is 2.18. The van der Waals surface area contributed by atoms with Crippen molar-refractivity contribution in [3.63, 3.8) is 0 Å². The van der Waals surface area contributed by atoms with Crippen molar-refractivity contribution < 1.29 is 13.2 Å². The number of rotatable bonds is 3. The number of nitrogens with zero attached hydrogens (tertiary/aromatic N) is 2. The Bertz CT molecular complexity index is 555. The van der Waals surface area contributed by atoms with Crippen LogP contribution in [0.25, 0.3) is 0 Å². The van der Waals surface area contributed by atoms with E-state index in [2.05, 4.69) is 15.3 Å². The van der Waals surface area contributed by atoms with Crippen LogP contribution in [0.1, 0.15) is 11.3 Å². The number of aromatic nitrogens is 2. The SMILES string of the molecule is FC(F)(F)c1ccnc(Nc2ccc(CCl)cc2)n1. The molecule has 19 heavy (non-hydrogen) atoms. The van der Waals surface area contributed by atoms with Crippen molar-refractivity contribution in [2.75, 3.05) is 5.32 Å². The topological polar surface area (TPSA) is 37.8 Å². The molecule has 0 atom stereocenters. The summed E-state index contributed by atoms with van der Waals surface area (Å²) in [4.78, 5) is 7.15. The first-order valence-corrected chi connectivity index (χ1v) is 5.84. The van der Waals surface area contributed by atoms with Gasteiger partial charge in [0.05, 0.1) is 0 Å². The predicted octanol–water partition coefficient (Wildman–Crippen LogP) is 3.98. The van der Waals surface area contributed by atoms with Gasteiger partial charge < -0.3 is 5.32 Å². The molecular formula is C12H9ClF3N3. The molecule has 1 heterocycles. The predicted molar refractivity (Wildman–Crippen MR) is 66.3 cm³/mol. The van der Waals surface area contributed by atoms with Gasteiger partial charge in [-0.05, 0) is 23.8 Å². The largest absolute Gasteiger partial charge is 0.433 e. The van der Waals surface area contributed by atoms with Gasteiger partial charge in [-0.1, -0.05) is 12.1 Å². The zero-order chi connectivity index (χ0) is 13.9. The molecule has 0 fully saturated rings. The van der Waals surface area contributed by atoms with Gasteiger partial charge >= 0.3 is 6.18 Å². The summed E-state index contributed by atoms with van der Waals surface area (Å²) >= 11 is 5.64. The summed E-state index contributed by atoms with van der Waals surface area (Å²) in [6, 6.07) is 7.75. The number of halogens is 4. The first kappa shape index (κ1) is 13.6. The van der Waals surface area contributed by atoms with E-state index in [0.717, 1.165) is 17.8 Å². The fourth-order valence-corrected chi connectivity index (χ4v) is 1.56. The molecular weight excluding hydrogens is 279 g/mol. The van der Waals surface area contributed by atoms with Gasteiger partial charge in [0.15, 0.2) is 0 Å². The Hall–Kier alpha value is -1.82. The number of alkyl halides is 4. The van der Waals surface area contributed by atoms with Crippen molar-refractivity contribution in [2.45, 2.75) is 12.1 Å². The lowest BCUT2D eigenvalue weighted by Gasteiger charge is -2.08. The summed E-state index contributed by atoms with van der Waals surface area (Å²) < 4.78 is 37.4. The van der Waals surface area contributed by atoms with Crippen LogP contribution in [0.5, 0.6) is 0 Å². The number of hydrogen-bond donors (Lipinski definition) is 1. The van der Waals surface area contributed by atoms with Gasteiger partial charge in [-0.3, -0.25) is 0 Å². The second-order valence-corrected chi connectivity index (χ2v) is 3.99. The molecule has 100 valence electrons. The van der Waals surface area contributed by atoms with Crippen LogP contribution in [0, 0.1) is 0 Å². The summed E-state index contributed by atoms with van der Waals surface area (Å²) in [7, 11) is 0. The molecule has 0 unspecified atom stereocenters. The van der Waals surface area contributed by atoms with Gasteiger partial charge in [0.25, 0.3) is 0 Å². The van der Waals surface area contributed by atoms with E-state index >= 15 is 0 Å². The van der Waals surface area contributed by atoms with Gasteiger partial charge in [0.2, 0.25) is 5.95 Å². The van der Waals surface area contributed by atoms with E-state index in [-0.39, 0.29) is 5.95 Å². The average molecular weight is 288 g/mol. The molecule has 0 spiro atoms. The fourth-order valence-electron chi connectivity index (χ4n) is 1.38. The second kappa shape index (κ2) is 5.44. The van der Waals surface area contributed by atoms with Crippen LogP contribution < -0.4 is 5.32 Å². The van der Waals surface area contributed by atoms with Crippen LogP contribution >= 0.6 is 11.6 Å². The zero-order valence-corrected chi connectivity index (χ0v) is 10.3. The summed E-state index contributed by atoms with van der Waals surface area (Å²) in [6.07, 6.45) is -3.42. The lowest BCUT2D eigenvalue weighted by atomic mass is 10.2. The van der Waals surface area contributed by atoms with Crippen molar-refractivity contribution in [1.29, 1.82) is 0 Å². The maximum Gasteiger partial charge on any atom is 0.433 e. The van der Waals surface area contributed by atoms with E-state index in [9.17, 15) is 13.2 Å². The first-order valence-electron chi connectivity index (χ1n) is 5.31. The Kier molecular flexibility index (Phi) is 3.90. The highest BCUT2D eigenvalue weighted by molar-refractivity contribution is 6.17. The first-order chi connectivity index (χ1) is 8.99. The molecule has 0 saturated heterocycles. The van der Waals surface area contributed by atoms with E-state index in [1.165, 1.54) is 0 Å². The van der Waals surface area contributed by atoms with Gasteiger partial charge in [-0.2, -0.15) is 13.2 Å². The third kappa shape index (κ3) is 3.57. The molecule has 0 aliphatic rings. The third-order valence-corrected chi connectivity index (χ3v) is 2.62. The Morgan fingerprint density at radius 2 is 1.79 bits per heavy atom. The lowest BCUT2D eigenvalue weighted by molar-refractivity contribution is -0.141. The molecule has 1 aromatic carbocycles. The van der Waals surface area contributed by atoms with Gasteiger partial charge in [-0.25, -0.2) is 9.97 Å². The Morgan fingerprint density at radius 1 is 1.11 bits per heavy atom. The number of hydrogen-bond acceptors (Lipinski definition) is 3. The molecule has 0 bridgehead atoms. The molecule has 2 rings (SSSR count). The summed E-state index contributed by atoms with van der Waals surface area (Å²) in [5.74, 6) is 0.272. The lowest BCUT2D eigenvalue weighted by Crippen LogP contribution is -2.10. The Morgan fingerprint density at radius 3 is 2.37 bits per heavy atom. The molecule has 0 aliphatic heterocycles. The van der Waals surface area contributed by atoms with E-state index in [0.29, 0.717) is 11.6 Å². The van der Waals surface area contributed by atoms with E-state index in [4.69, 9.17) is 11.6 Å². The van der Waals surface area contributed by atoms with Crippen molar-refractivity contribution >= 4 is 23.2 Å². The smallest absolute Gasteiger partial charge is 0.324 e. The quantitative estimate of drug-likeness (QED) is 0.868. The number of anilines is 2. The van der Waals surface area contributed by atoms with Crippen LogP contribution in [0.2, 0.25) is 0 Å². The minimum atomic E-state index is -4.48. The van der Waals surface area contributed by atoms with Crippen molar-refractivity contribution in [3.05, 3.63) is 47.8 Å². The standard InChI is InChI=1S/C12H9ClF3N3/c13-7-8-1-3-9(4-2-8)18-11-17-6-5-10(19-11)12(14,15)16/h1-6H,7H2,(H,17,18,19). The molecule has 3 nitrogen and oxygen atoms in total.